The lowest BCUT2D eigenvalue weighted by Gasteiger charge is -2.27. The molecular formula is C23H25N3O3S3. The largest absolute Gasteiger partial charge is 0.351 e. The summed E-state index contributed by atoms with van der Waals surface area (Å²) >= 11 is 3.49. The Morgan fingerprint density at radius 3 is 2.47 bits per heavy atom. The van der Waals surface area contributed by atoms with E-state index in [-0.39, 0.29) is 10.8 Å². The van der Waals surface area contributed by atoms with Gasteiger partial charge in [0.2, 0.25) is 10.0 Å². The van der Waals surface area contributed by atoms with E-state index in [2.05, 4.69) is 21.7 Å². The van der Waals surface area contributed by atoms with Crippen molar-refractivity contribution >= 4 is 38.6 Å². The minimum Gasteiger partial charge on any atom is -0.351 e. The molecular weight excluding hydrogens is 462 g/mol. The molecule has 2 aliphatic heterocycles. The molecule has 6 nitrogen and oxygen atoms in total. The summed E-state index contributed by atoms with van der Waals surface area (Å²) in [4.78, 5) is 17.9. The maximum absolute atomic E-state index is 13.2. The van der Waals surface area contributed by atoms with Crippen LogP contribution in [0.4, 0.5) is 0 Å². The first kappa shape index (κ1) is 21.8. The third-order valence-corrected chi connectivity index (χ3v) is 9.99. The van der Waals surface area contributed by atoms with Crippen molar-refractivity contribution in [1.82, 2.24) is 14.5 Å². The maximum atomic E-state index is 13.2. The monoisotopic (exact) mass is 487 g/mol. The second kappa shape index (κ2) is 9.07. The second-order valence-corrected chi connectivity index (χ2v) is 12.1. The fourth-order valence-electron chi connectivity index (χ4n) is 4.30. The molecule has 0 saturated heterocycles. The number of thiophene rings is 2. The average Bonchev–Trinajstić information content (AvgIpc) is 3.47. The van der Waals surface area contributed by atoms with Crippen molar-refractivity contribution in [3.05, 3.63) is 73.6 Å². The van der Waals surface area contributed by atoms with Gasteiger partial charge >= 0.3 is 0 Å². The first-order valence-corrected chi connectivity index (χ1v) is 13.9. The first-order chi connectivity index (χ1) is 15.5. The molecule has 0 aliphatic carbocycles. The van der Waals surface area contributed by atoms with Crippen LogP contribution in [0.2, 0.25) is 0 Å². The lowest BCUT2D eigenvalue weighted by Crippen LogP contribution is -2.37. The van der Waals surface area contributed by atoms with E-state index in [1.165, 1.54) is 25.7 Å². The standard InChI is InChI=1S/C23H25N3O3S3/c27-23(24-8-11-25-9-4-21-18(15-25)6-12-30-21)17-2-1-3-20(14-17)32(28,29)26-10-5-22-19(16-26)7-13-31-22/h1-3,6-7,12-14H,4-5,8-11,15-16H2,(H,24,27). The number of nitrogens with one attached hydrogen (secondary N) is 1. The number of hydrogen-bond acceptors (Lipinski definition) is 6. The van der Waals surface area contributed by atoms with Crippen LogP contribution in [0.15, 0.2) is 52.1 Å². The van der Waals surface area contributed by atoms with Gasteiger partial charge in [0.1, 0.15) is 0 Å². The van der Waals surface area contributed by atoms with Crippen LogP contribution >= 0.6 is 22.7 Å². The number of hydrogen-bond donors (Lipinski definition) is 1. The third kappa shape index (κ3) is 4.40. The Morgan fingerprint density at radius 1 is 0.969 bits per heavy atom. The zero-order chi connectivity index (χ0) is 22.1. The van der Waals surface area contributed by atoms with Crippen LogP contribution in [0.25, 0.3) is 0 Å². The van der Waals surface area contributed by atoms with E-state index >= 15 is 0 Å². The summed E-state index contributed by atoms with van der Waals surface area (Å²) in [6.07, 6.45) is 1.79. The van der Waals surface area contributed by atoms with E-state index < -0.39 is 10.0 Å². The van der Waals surface area contributed by atoms with Crippen molar-refractivity contribution in [2.24, 2.45) is 0 Å². The molecule has 3 aromatic rings. The van der Waals surface area contributed by atoms with E-state index in [9.17, 15) is 13.2 Å². The van der Waals surface area contributed by atoms with E-state index in [4.69, 9.17) is 0 Å². The van der Waals surface area contributed by atoms with Gasteiger partial charge in [-0.3, -0.25) is 9.69 Å². The van der Waals surface area contributed by atoms with Crippen LogP contribution in [0.3, 0.4) is 0 Å². The maximum Gasteiger partial charge on any atom is 0.251 e. The number of amides is 1. The van der Waals surface area contributed by atoms with Crippen molar-refractivity contribution in [3.63, 3.8) is 0 Å². The van der Waals surface area contributed by atoms with Gasteiger partial charge in [-0.25, -0.2) is 8.42 Å². The smallest absolute Gasteiger partial charge is 0.251 e. The normalized spacial score (nSPS) is 17.0. The molecule has 168 valence electrons. The molecule has 0 bridgehead atoms. The molecule has 1 amide bonds. The highest BCUT2D eigenvalue weighted by Gasteiger charge is 2.29. The van der Waals surface area contributed by atoms with Crippen LogP contribution in [0, 0.1) is 0 Å². The molecule has 0 spiro atoms. The van der Waals surface area contributed by atoms with Gasteiger partial charge < -0.3 is 5.32 Å². The summed E-state index contributed by atoms with van der Waals surface area (Å²) < 4.78 is 27.9. The van der Waals surface area contributed by atoms with Crippen LogP contribution in [0.1, 0.15) is 31.2 Å². The van der Waals surface area contributed by atoms with E-state index in [1.54, 1.807) is 29.5 Å². The van der Waals surface area contributed by atoms with Gasteiger partial charge in [0.05, 0.1) is 4.90 Å². The predicted molar refractivity (Wildman–Crippen MR) is 128 cm³/mol. The van der Waals surface area contributed by atoms with Crippen molar-refractivity contribution in [2.45, 2.75) is 30.8 Å². The highest BCUT2D eigenvalue weighted by molar-refractivity contribution is 7.89. The minimum absolute atomic E-state index is 0.171. The van der Waals surface area contributed by atoms with Gasteiger partial charge in [-0.2, -0.15) is 4.31 Å². The molecule has 2 aliphatic rings. The molecule has 0 atom stereocenters. The Morgan fingerprint density at radius 2 is 1.69 bits per heavy atom. The average molecular weight is 488 g/mol. The zero-order valence-electron chi connectivity index (χ0n) is 17.6. The lowest BCUT2D eigenvalue weighted by atomic mass is 10.1. The van der Waals surface area contributed by atoms with Gasteiger partial charge in [-0.15, -0.1) is 22.7 Å². The van der Waals surface area contributed by atoms with Gasteiger partial charge in [0.25, 0.3) is 5.91 Å². The molecule has 0 fully saturated rings. The minimum atomic E-state index is -3.65. The molecule has 5 rings (SSSR count). The van der Waals surface area contributed by atoms with Crippen molar-refractivity contribution in [2.75, 3.05) is 26.2 Å². The molecule has 2 aromatic heterocycles. The fourth-order valence-corrected chi connectivity index (χ4v) is 7.55. The zero-order valence-corrected chi connectivity index (χ0v) is 20.1. The first-order valence-electron chi connectivity index (χ1n) is 10.7. The third-order valence-electron chi connectivity index (χ3n) is 6.11. The van der Waals surface area contributed by atoms with Gasteiger partial charge in [0.15, 0.2) is 0 Å². The molecule has 0 saturated carbocycles. The Bertz CT molecular complexity index is 1230. The molecule has 9 heteroatoms. The van der Waals surface area contributed by atoms with Gasteiger partial charge in [-0.1, -0.05) is 6.07 Å². The number of rotatable bonds is 6. The molecule has 0 unspecified atom stereocenters. The van der Waals surface area contributed by atoms with E-state index in [0.29, 0.717) is 25.2 Å². The predicted octanol–water partition coefficient (Wildman–Crippen LogP) is 3.34. The Hall–Kier alpha value is -2.04. The van der Waals surface area contributed by atoms with Crippen molar-refractivity contribution < 1.29 is 13.2 Å². The molecule has 1 aromatic carbocycles. The number of benzene rings is 1. The number of sulfonamides is 1. The summed E-state index contributed by atoms with van der Waals surface area (Å²) in [7, 11) is -3.65. The second-order valence-electron chi connectivity index (χ2n) is 8.14. The SMILES string of the molecule is O=C(NCCN1CCc2sccc2C1)c1cccc(S(=O)(=O)N2CCc3sccc3C2)c1. The van der Waals surface area contributed by atoms with Crippen LogP contribution in [-0.4, -0.2) is 49.7 Å². The molecule has 0 radical (unpaired) electrons. The van der Waals surface area contributed by atoms with Crippen LogP contribution < -0.4 is 5.32 Å². The van der Waals surface area contributed by atoms with Gasteiger partial charge in [0, 0.05) is 54.6 Å². The molecule has 1 N–H and O–H groups in total. The number of nitrogens with zero attached hydrogens (tertiary/aromatic N) is 2. The van der Waals surface area contributed by atoms with Crippen molar-refractivity contribution in [1.29, 1.82) is 0 Å². The number of carbonyl (C=O) groups excluding carboxylic acids is 1. The van der Waals surface area contributed by atoms with E-state index in [0.717, 1.165) is 38.0 Å². The Kier molecular flexibility index (Phi) is 6.18. The summed E-state index contributed by atoms with van der Waals surface area (Å²) in [5.74, 6) is -0.242. The number of fused-ring (bicyclic) bond motifs is 2. The van der Waals surface area contributed by atoms with Crippen LogP contribution in [0.5, 0.6) is 0 Å². The molecule has 4 heterocycles. The summed E-state index contributed by atoms with van der Waals surface area (Å²) in [5, 5.41) is 7.09. The fraction of sp³-hybridized carbons (Fsp3) is 0.348. The quantitative estimate of drug-likeness (QED) is 0.579. The van der Waals surface area contributed by atoms with Crippen LogP contribution in [-0.2, 0) is 36.0 Å². The van der Waals surface area contributed by atoms with Crippen molar-refractivity contribution in [3.8, 4) is 0 Å². The summed E-state index contributed by atoms with van der Waals surface area (Å²) in [5.41, 5.74) is 2.84. The Labute approximate surface area is 196 Å². The topological polar surface area (TPSA) is 69.7 Å². The summed E-state index contributed by atoms with van der Waals surface area (Å²) in [6.45, 7) is 4.08. The Balaban J connectivity index is 1.20. The highest BCUT2D eigenvalue weighted by Crippen LogP contribution is 2.28. The lowest BCUT2D eigenvalue weighted by molar-refractivity contribution is 0.0947. The highest BCUT2D eigenvalue weighted by atomic mass is 32.2. The van der Waals surface area contributed by atoms with Gasteiger partial charge in [-0.05, 0) is 65.1 Å². The van der Waals surface area contributed by atoms with E-state index in [1.807, 2.05) is 22.8 Å². The molecule has 32 heavy (non-hydrogen) atoms. The number of carbonyl (C=O) groups is 1. The summed E-state index contributed by atoms with van der Waals surface area (Å²) in [6, 6.07) is 10.5.